The zero-order valence-electron chi connectivity index (χ0n) is 18.0. The van der Waals surface area contributed by atoms with Crippen LogP contribution in [-0.4, -0.2) is 29.9 Å². The van der Waals surface area contributed by atoms with Gasteiger partial charge < -0.3 is 9.15 Å². The summed E-state index contributed by atoms with van der Waals surface area (Å²) in [5.74, 6) is 0.306. The summed E-state index contributed by atoms with van der Waals surface area (Å²) >= 11 is 0. The number of hydrogen-bond acceptors (Lipinski definition) is 7. The van der Waals surface area contributed by atoms with Gasteiger partial charge in [-0.15, -0.1) is 5.10 Å². The molecule has 0 N–H and O–H groups in total. The second kappa shape index (κ2) is 10.7. The molecule has 0 aliphatic carbocycles. The molecule has 34 heavy (non-hydrogen) atoms. The van der Waals surface area contributed by atoms with Crippen LogP contribution in [0, 0.1) is 0 Å². The van der Waals surface area contributed by atoms with Crippen molar-refractivity contribution >= 4 is 12.2 Å². The third kappa shape index (κ3) is 6.74. The highest BCUT2D eigenvalue weighted by atomic mass is 19.4. The molecule has 1 aromatic carbocycles. The highest BCUT2D eigenvalue weighted by Crippen LogP contribution is 2.29. The standard InChI is InChI=1S/C23H21F3N6O2/c24-23(25,26)19-7-4-17(5-8-19)6-9-21-30-20(15-33-21)16-34-22-27-13-18(14-28-22)3-1-2-11-32-12-10-29-31-32/h4-10,12-15H,1-3,11,16H2/b9-6+. The second-order valence-electron chi connectivity index (χ2n) is 7.42. The number of aryl methyl sites for hydroxylation is 2. The van der Waals surface area contributed by atoms with Gasteiger partial charge in [0, 0.05) is 31.2 Å². The van der Waals surface area contributed by atoms with E-state index in [1.807, 2.05) is 6.20 Å². The molecule has 0 aliphatic heterocycles. The summed E-state index contributed by atoms with van der Waals surface area (Å²) in [6, 6.07) is 5.04. The van der Waals surface area contributed by atoms with E-state index in [-0.39, 0.29) is 12.6 Å². The lowest BCUT2D eigenvalue weighted by Gasteiger charge is -2.05. The van der Waals surface area contributed by atoms with Crippen molar-refractivity contribution in [1.29, 1.82) is 0 Å². The van der Waals surface area contributed by atoms with Gasteiger partial charge in [-0.1, -0.05) is 17.3 Å². The molecular weight excluding hydrogens is 449 g/mol. The fourth-order valence-electron chi connectivity index (χ4n) is 3.06. The first kappa shape index (κ1) is 23.1. The van der Waals surface area contributed by atoms with Crippen LogP contribution in [-0.2, 0) is 25.7 Å². The minimum Gasteiger partial charge on any atom is -0.457 e. The maximum absolute atomic E-state index is 12.6. The number of benzene rings is 1. The van der Waals surface area contributed by atoms with E-state index in [2.05, 4.69) is 25.3 Å². The molecule has 0 saturated carbocycles. The normalized spacial score (nSPS) is 11.9. The van der Waals surface area contributed by atoms with E-state index in [1.165, 1.54) is 18.4 Å². The molecule has 11 heteroatoms. The fraction of sp³-hybridized carbons (Fsp3) is 0.261. The van der Waals surface area contributed by atoms with E-state index < -0.39 is 11.7 Å². The fourth-order valence-corrected chi connectivity index (χ4v) is 3.06. The summed E-state index contributed by atoms with van der Waals surface area (Å²) in [7, 11) is 0. The summed E-state index contributed by atoms with van der Waals surface area (Å²) in [4.78, 5) is 12.7. The molecule has 4 rings (SSSR count). The number of ether oxygens (including phenoxy) is 1. The molecular formula is C23H21F3N6O2. The van der Waals surface area contributed by atoms with Crippen LogP contribution in [0.4, 0.5) is 13.2 Å². The summed E-state index contributed by atoms with van der Waals surface area (Å²) in [5, 5.41) is 7.70. The Morgan fingerprint density at radius 1 is 1.03 bits per heavy atom. The average Bonchev–Trinajstić information content (AvgIpc) is 3.52. The van der Waals surface area contributed by atoms with Gasteiger partial charge in [-0.2, -0.15) is 13.2 Å². The number of nitrogens with zero attached hydrogens (tertiary/aromatic N) is 6. The first-order chi connectivity index (χ1) is 16.5. The summed E-state index contributed by atoms with van der Waals surface area (Å²) < 4.78 is 50.6. The molecule has 0 radical (unpaired) electrons. The lowest BCUT2D eigenvalue weighted by molar-refractivity contribution is -0.137. The van der Waals surface area contributed by atoms with Gasteiger partial charge in [0.1, 0.15) is 18.6 Å². The van der Waals surface area contributed by atoms with Gasteiger partial charge in [0.05, 0.1) is 11.8 Å². The Kier molecular flexibility index (Phi) is 7.31. The first-order valence-corrected chi connectivity index (χ1v) is 10.5. The van der Waals surface area contributed by atoms with Crippen LogP contribution in [0.1, 0.15) is 41.1 Å². The van der Waals surface area contributed by atoms with Gasteiger partial charge in [0.15, 0.2) is 0 Å². The summed E-state index contributed by atoms with van der Waals surface area (Å²) in [5.41, 5.74) is 1.45. The van der Waals surface area contributed by atoms with Crippen LogP contribution in [0.25, 0.3) is 12.2 Å². The highest BCUT2D eigenvalue weighted by molar-refractivity contribution is 5.66. The monoisotopic (exact) mass is 470 g/mol. The average molecular weight is 470 g/mol. The molecule has 4 aromatic rings. The molecule has 0 atom stereocenters. The van der Waals surface area contributed by atoms with Crippen molar-refractivity contribution in [1.82, 2.24) is 29.9 Å². The van der Waals surface area contributed by atoms with Crippen LogP contribution in [0.3, 0.4) is 0 Å². The van der Waals surface area contributed by atoms with Gasteiger partial charge in [0.2, 0.25) is 5.89 Å². The van der Waals surface area contributed by atoms with Crippen molar-refractivity contribution in [3.05, 3.63) is 83.6 Å². The van der Waals surface area contributed by atoms with E-state index >= 15 is 0 Å². The lowest BCUT2D eigenvalue weighted by atomic mass is 10.1. The third-order valence-corrected chi connectivity index (χ3v) is 4.83. The minimum absolute atomic E-state index is 0.120. The number of aromatic nitrogens is 6. The number of rotatable bonds is 10. The van der Waals surface area contributed by atoms with Gasteiger partial charge >= 0.3 is 12.2 Å². The van der Waals surface area contributed by atoms with Gasteiger partial charge in [-0.25, -0.2) is 15.0 Å². The van der Waals surface area contributed by atoms with Crippen molar-refractivity contribution in [3.8, 4) is 6.01 Å². The van der Waals surface area contributed by atoms with Gasteiger partial charge in [0.25, 0.3) is 0 Å². The number of oxazole rings is 1. The first-order valence-electron chi connectivity index (χ1n) is 10.5. The number of unbranched alkanes of at least 4 members (excludes halogenated alkanes) is 1. The van der Waals surface area contributed by atoms with E-state index in [4.69, 9.17) is 9.15 Å². The van der Waals surface area contributed by atoms with Crippen LogP contribution in [0.15, 0.2) is 59.7 Å². The molecule has 8 nitrogen and oxygen atoms in total. The van der Waals surface area contributed by atoms with Crippen LogP contribution in [0.2, 0.25) is 0 Å². The lowest BCUT2D eigenvalue weighted by Crippen LogP contribution is -2.03. The second-order valence-corrected chi connectivity index (χ2v) is 7.42. The SMILES string of the molecule is FC(F)(F)c1ccc(/C=C/c2nc(COc3ncc(CCCCn4ccnn4)cn3)co2)cc1. The zero-order chi connectivity index (χ0) is 23.8. The van der Waals surface area contributed by atoms with Crippen LogP contribution < -0.4 is 4.74 Å². The van der Waals surface area contributed by atoms with Crippen molar-refractivity contribution in [2.45, 2.75) is 38.6 Å². The molecule has 0 aliphatic rings. The Morgan fingerprint density at radius 3 is 2.53 bits per heavy atom. The quantitative estimate of drug-likeness (QED) is 0.306. The van der Waals surface area contributed by atoms with Crippen molar-refractivity contribution in [2.75, 3.05) is 0 Å². The maximum atomic E-state index is 12.6. The number of halogens is 3. The minimum atomic E-state index is -4.36. The Bertz CT molecular complexity index is 1190. The van der Waals surface area contributed by atoms with Crippen molar-refractivity contribution in [3.63, 3.8) is 0 Å². The van der Waals surface area contributed by atoms with E-state index in [0.29, 0.717) is 17.1 Å². The van der Waals surface area contributed by atoms with Crippen LogP contribution in [0.5, 0.6) is 6.01 Å². The summed E-state index contributed by atoms with van der Waals surface area (Å²) in [6.07, 6.45) is 10.0. The molecule has 3 aromatic heterocycles. The van der Waals surface area contributed by atoms with E-state index in [9.17, 15) is 13.2 Å². The smallest absolute Gasteiger partial charge is 0.416 e. The molecule has 176 valence electrons. The largest absolute Gasteiger partial charge is 0.457 e. The Hall–Kier alpha value is -4.02. The molecule has 0 unspecified atom stereocenters. The molecule has 3 heterocycles. The predicted octanol–water partition coefficient (Wildman–Crippen LogP) is 4.85. The highest BCUT2D eigenvalue weighted by Gasteiger charge is 2.29. The number of alkyl halides is 3. The van der Waals surface area contributed by atoms with Gasteiger partial charge in [-0.05, 0) is 48.6 Å². The maximum Gasteiger partial charge on any atom is 0.416 e. The van der Waals surface area contributed by atoms with Gasteiger partial charge in [-0.3, -0.25) is 4.68 Å². The van der Waals surface area contributed by atoms with Crippen molar-refractivity contribution in [2.24, 2.45) is 0 Å². The Morgan fingerprint density at radius 2 is 1.82 bits per heavy atom. The third-order valence-electron chi connectivity index (χ3n) is 4.83. The molecule has 0 saturated heterocycles. The zero-order valence-corrected chi connectivity index (χ0v) is 18.0. The Balaban J connectivity index is 1.21. The molecule has 0 bridgehead atoms. The predicted molar refractivity (Wildman–Crippen MR) is 116 cm³/mol. The molecule has 0 amide bonds. The molecule has 0 fully saturated rings. The van der Waals surface area contributed by atoms with E-state index in [1.54, 1.807) is 35.4 Å². The van der Waals surface area contributed by atoms with E-state index in [0.717, 1.165) is 43.5 Å². The molecule has 0 spiro atoms. The number of hydrogen-bond donors (Lipinski definition) is 0. The van der Waals surface area contributed by atoms with Crippen LogP contribution >= 0.6 is 0 Å². The topological polar surface area (TPSA) is 91.8 Å². The Labute approximate surface area is 193 Å². The van der Waals surface area contributed by atoms with Crippen molar-refractivity contribution < 1.29 is 22.3 Å². The summed E-state index contributed by atoms with van der Waals surface area (Å²) in [6.45, 7) is 0.941.